The Morgan fingerprint density at radius 1 is 1.22 bits per heavy atom. The summed E-state index contributed by atoms with van der Waals surface area (Å²) in [6, 6.07) is 2.48. The summed E-state index contributed by atoms with van der Waals surface area (Å²) < 4.78 is 4.24. The van der Waals surface area contributed by atoms with Gasteiger partial charge >= 0.3 is 0 Å². The van der Waals surface area contributed by atoms with E-state index >= 15 is 0 Å². The quantitative estimate of drug-likeness (QED) is 0.859. The van der Waals surface area contributed by atoms with Crippen molar-refractivity contribution in [2.75, 3.05) is 13.1 Å². The molecule has 0 aromatic carbocycles. The van der Waals surface area contributed by atoms with Gasteiger partial charge in [0.2, 0.25) is 5.91 Å². The van der Waals surface area contributed by atoms with E-state index in [0.717, 1.165) is 37.6 Å². The van der Waals surface area contributed by atoms with Gasteiger partial charge < -0.3 is 9.47 Å². The number of carbonyl (C=O) groups is 1. The van der Waals surface area contributed by atoms with Crippen molar-refractivity contribution in [1.29, 1.82) is 0 Å². The topological polar surface area (TPSA) is 68.8 Å². The molecule has 3 heterocycles. The molecule has 0 N–H and O–H groups in total. The van der Waals surface area contributed by atoms with Crippen molar-refractivity contribution in [2.45, 2.75) is 51.1 Å². The number of nitrogens with zero attached hydrogens (tertiary/aromatic N) is 6. The molecular formula is C16H22N6O. The molecule has 2 aromatic rings. The molecule has 7 nitrogen and oxygen atoms in total. The fourth-order valence-corrected chi connectivity index (χ4v) is 3.45. The number of piperidine rings is 1. The third-order valence-electron chi connectivity index (χ3n) is 4.87. The number of aromatic nitrogens is 5. The number of hydrogen-bond acceptors (Lipinski definition) is 4. The second-order valence-electron chi connectivity index (χ2n) is 6.56. The number of rotatable bonds is 4. The SMILES string of the molecule is CC(=O)N1CCC(c2nnc(Cn3cccn3)n2C2CC2)CC1. The van der Waals surface area contributed by atoms with E-state index in [2.05, 4.69) is 19.9 Å². The summed E-state index contributed by atoms with van der Waals surface area (Å²) in [6.07, 6.45) is 8.12. The van der Waals surface area contributed by atoms with Crippen LogP contribution in [0.1, 0.15) is 56.2 Å². The summed E-state index contributed by atoms with van der Waals surface area (Å²) >= 11 is 0. The lowest BCUT2D eigenvalue weighted by atomic mass is 9.96. The lowest BCUT2D eigenvalue weighted by molar-refractivity contribution is -0.129. The Labute approximate surface area is 135 Å². The maximum atomic E-state index is 11.5. The number of likely N-dealkylation sites (tertiary alicyclic amines) is 1. The van der Waals surface area contributed by atoms with Gasteiger partial charge in [-0.1, -0.05) is 0 Å². The largest absolute Gasteiger partial charge is 0.343 e. The molecule has 0 bridgehead atoms. The van der Waals surface area contributed by atoms with E-state index in [-0.39, 0.29) is 5.91 Å². The van der Waals surface area contributed by atoms with Crippen molar-refractivity contribution in [3.63, 3.8) is 0 Å². The maximum absolute atomic E-state index is 11.5. The van der Waals surface area contributed by atoms with Gasteiger partial charge in [0, 0.05) is 44.4 Å². The number of carbonyl (C=O) groups excluding carboxylic acids is 1. The highest BCUT2D eigenvalue weighted by atomic mass is 16.2. The van der Waals surface area contributed by atoms with Gasteiger partial charge in [0.1, 0.15) is 12.4 Å². The predicted molar refractivity (Wildman–Crippen MR) is 83.9 cm³/mol. The van der Waals surface area contributed by atoms with E-state index in [4.69, 9.17) is 0 Å². The third kappa shape index (κ3) is 2.87. The molecule has 1 saturated carbocycles. The monoisotopic (exact) mass is 314 g/mol. The standard InChI is InChI=1S/C16H22N6O/c1-12(23)20-9-5-13(6-10-20)16-19-18-15(22(16)14-3-4-14)11-21-8-2-7-17-21/h2,7-8,13-14H,3-6,9-11H2,1H3. The van der Waals surface area contributed by atoms with Crippen LogP contribution in [-0.4, -0.2) is 48.4 Å². The minimum Gasteiger partial charge on any atom is -0.343 e. The molecule has 2 aromatic heterocycles. The molecule has 0 radical (unpaired) electrons. The highest BCUT2D eigenvalue weighted by Crippen LogP contribution is 2.39. The van der Waals surface area contributed by atoms with Gasteiger partial charge in [0.15, 0.2) is 5.82 Å². The summed E-state index contributed by atoms with van der Waals surface area (Å²) in [4.78, 5) is 13.4. The van der Waals surface area contributed by atoms with Crippen LogP contribution >= 0.6 is 0 Å². The Hall–Kier alpha value is -2.18. The maximum Gasteiger partial charge on any atom is 0.219 e. The molecule has 0 atom stereocenters. The van der Waals surface area contributed by atoms with E-state index < -0.39 is 0 Å². The van der Waals surface area contributed by atoms with Crippen molar-refractivity contribution in [1.82, 2.24) is 29.4 Å². The van der Waals surface area contributed by atoms with Crippen molar-refractivity contribution in [3.05, 3.63) is 30.1 Å². The smallest absolute Gasteiger partial charge is 0.219 e. The van der Waals surface area contributed by atoms with Crippen molar-refractivity contribution >= 4 is 5.91 Å². The van der Waals surface area contributed by atoms with Gasteiger partial charge in [-0.3, -0.25) is 9.48 Å². The molecule has 1 aliphatic carbocycles. The summed E-state index contributed by atoms with van der Waals surface area (Å²) in [5.74, 6) is 2.69. The van der Waals surface area contributed by atoms with Crippen LogP contribution in [0.15, 0.2) is 18.5 Å². The van der Waals surface area contributed by atoms with Gasteiger partial charge in [-0.05, 0) is 31.7 Å². The van der Waals surface area contributed by atoms with Crippen LogP contribution in [0.5, 0.6) is 0 Å². The first-order chi connectivity index (χ1) is 11.2. The predicted octanol–water partition coefficient (Wildman–Crippen LogP) is 1.58. The zero-order chi connectivity index (χ0) is 15.8. The van der Waals surface area contributed by atoms with E-state index in [1.165, 1.54) is 12.8 Å². The summed E-state index contributed by atoms with van der Waals surface area (Å²) in [7, 11) is 0. The third-order valence-corrected chi connectivity index (χ3v) is 4.87. The lowest BCUT2D eigenvalue weighted by Gasteiger charge is -2.31. The Balaban J connectivity index is 1.55. The molecule has 1 amide bonds. The molecule has 122 valence electrons. The molecule has 7 heteroatoms. The van der Waals surface area contributed by atoms with Gasteiger partial charge in [0.25, 0.3) is 0 Å². The van der Waals surface area contributed by atoms with Crippen LogP contribution in [0, 0.1) is 0 Å². The molecular weight excluding hydrogens is 292 g/mol. The Morgan fingerprint density at radius 2 is 2.00 bits per heavy atom. The van der Waals surface area contributed by atoms with Crippen LogP contribution in [0.4, 0.5) is 0 Å². The van der Waals surface area contributed by atoms with Crippen molar-refractivity contribution in [3.8, 4) is 0 Å². The van der Waals surface area contributed by atoms with E-state index in [9.17, 15) is 4.79 Å². The average molecular weight is 314 g/mol. The zero-order valence-electron chi connectivity index (χ0n) is 13.4. The first-order valence-corrected chi connectivity index (χ1v) is 8.39. The lowest BCUT2D eigenvalue weighted by Crippen LogP contribution is -2.36. The van der Waals surface area contributed by atoms with E-state index in [1.807, 2.05) is 21.8 Å². The average Bonchev–Trinajstić information content (AvgIpc) is 3.10. The van der Waals surface area contributed by atoms with Crippen LogP contribution in [-0.2, 0) is 11.3 Å². The number of amides is 1. The van der Waals surface area contributed by atoms with Crippen LogP contribution < -0.4 is 0 Å². The second kappa shape index (κ2) is 5.79. The van der Waals surface area contributed by atoms with Gasteiger partial charge in [-0.2, -0.15) is 5.10 Å². The molecule has 2 aliphatic rings. The molecule has 0 spiro atoms. The van der Waals surface area contributed by atoms with Crippen LogP contribution in [0.25, 0.3) is 0 Å². The van der Waals surface area contributed by atoms with E-state index in [0.29, 0.717) is 18.5 Å². The van der Waals surface area contributed by atoms with Crippen LogP contribution in [0.2, 0.25) is 0 Å². The fraction of sp³-hybridized carbons (Fsp3) is 0.625. The molecule has 1 saturated heterocycles. The van der Waals surface area contributed by atoms with Crippen molar-refractivity contribution < 1.29 is 4.79 Å². The molecule has 1 aliphatic heterocycles. The minimum atomic E-state index is 0.173. The van der Waals surface area contributed by atoms with Crippen molar-refractivity contribution in [2.24, 2.45) is 0 Å². The summed E-state index contributed by atoms with van der Waals surface area (Å²) in [5, 5.41) is 13.2. The zero-order valence-corrected chi connectivity index (χ0v) is 13.4. The fourth-order valence-electron chi connectivity index (χ4n) is 3.45. The van der Waals surface area contributed by atoms with Gasteiger partial charge in [-0.25, -0.2) is 0 Å². The Kier molecular flexibility index (Phi) is 3.63. The number of hydrogen-bond donors (Lipinski definition) is 0. The first-order valence-electron chi connectivity index (χ1n) is 8.39. The Morgan fingerprint density at radius 3 is 2.61 bits per heavy atom. The minimum absolute atomic E-state index is 0.173. The molecule has 23 heavy (non-hydrogen) atoms. The molecule has 2 fully saturated rings. The van der Waals surface area contributed by atoms with Gasteiger partial charge in [-0.15, -0.1) is 10.2 Å². The molecule has 4 rings (SSSR count). The summed E-state index contributed by atoms with van der Waals surface area (Å²) in [6.45, 7) is 3.97. The van der Waals surface area contributed by atoms with E-state index in [1.54, 1.807) is 13.1 Å². The first kappa shape index (κ1) is 14.4. The normalized spacial score (nSPS) is 19.3. The highest BCUT2D eigenvalue weighted by Gasteiger charge is 2.33. The molecule has 0 unspecified atom stereocenters. The second-order valence-corrected chi connectivity index (χ2v) is 6.56. The van der Waals surface area contributed by atoms with Crippen LogP contribution in [0.3, 0.4) is 0 Å². The highest BCUT2D eigenvalue weighted by molar-refractivity contribution is 5.73. The van der Waals surface area contributed by atoms with Gasteiger partial charge in [0.05, 0.1) is 0 Å². The Bertz CT molecular complexity index is 679. The summed E-state index contributed by atoms with van der Waals surface area (Å²) in [5.41, 5.74) is 0.